The molecule has 0 saturated heterocycles. The molecule has 0 saturated carbocycles. The quantitative estimate of drug-likeness (QED) is 0.353. The van der Waals surface area contributed by atoms with Crippen molar-refractivity contribution in [2.45, 2.75) is 25.6 Å². The average molecular weight is 307 g/mol. The number of rotatable bonds is 3. The van der Waals surface area contributed by atoms with Crippen LogP contribution < -0.4 is 0 Å². The summed E-state index contributed by atoms with van der Waals surface area (Å²) < 4.78 is 38.3. The summed E-state index contributed by atoms with van der Waals surface area (Å²) in [6.07, 6.45) is -3.08. The molecule has 22 heavy (non-hydrogen) atoms. The molecule has 2 aromatic rings. The Morgan fingerprint density at radius 1 is 0.864 bits per heavy atom. The van der Waals surface area contributed by atoms with Crippen LogP contribution in [0.4, 0.5) is 13.2 Å². The predicted octanol–water partition coefficient (Wildman–Crippen LogP) is 4.57. The second-order valence-electron chi connectivity index (χ2n) is 5.50. The first-order chi connectivity index (χ1) is 10.2. The summed E-state index contributed by atoms with van der Waals surface area (Å²) in [6, 6.07) is 13.7. The van der Waals surface area contributed by atoms with Gasteiger partial charge in [0.15, 0.2) is 11.8 Å². The monoisotopic (exact) mass is 307 g/mol. The molecule has 0 aromatic heterocycles. The van der Waals surface area contributed by atoms with Crippen molar-refractivity contribution in [2.75, 3.05) is 0 Å². The molecule has 5 heteroatoms. The van der Waals surface area contributed by atoms with Crippen molar-refractivity contribution >= 4 is 6.21 Å². The lowest BCUT2D eigenvalue weighted by Crippen LogP contribution is -2.30. The standard InChI is InChI=1S/C17H16F3NO/c1-16(2,14-6-4-3-5-7-14)21(22)12-13-8-10-15(11-9-13)17(18,19)20/h3-12H,1-2H3/b21-12-. The van der Waals surface area contributed by atoms with Gasteiger partial charge in [0, 0.05) is 25.0 Å². The van der Waals surface area contributed by atoms with Crippen LogP contribution in [0.25, 0.3) is 0 Å². The van der Waals surface area contributed by atoms with E-state index < -0.39 is 17.3 Å². The highest BCUT2D eigenvalue weighted by Crippen LogP contribution is 2.29. The zero-order valence-electron chi connectivity index (χ0n) is 12.3. The molecular weight excluding hydrogens is 291 g/mol. The number of benzene rings is 2. The second-order valence-corrected chi connectivity index (χ2v) is 5.50. The molecule has 2 aromatic carbocycles. The van der Waals surface area contributed by atoms with E-state index in [-0.39, 0.29) is 0 Å². The molecule has 2 nitrogen and oxygen atoms in total. The molecule has 0 spiro atoms. The fraction of sp³-hybridized carbons (Fsp3) is 0.235. The van der Waals surface area contributed by atoms with Crippen LogP contribution >= 0.6 is 0 Å². The van der Waals surface area contributed by atoms with E-state index in [2.05, 4.69) is 0 Å². The normalized spacial score (nSPS) is 13.2. The fourth-order valence-corrected chi connectivity index (χ4v) is 2.03. The number of hydrogen-bond acceptors (Lipinski definition) is 1. The first-order valence-electron chi connectivity index (χ1n) is 6.75. The Morgan fingerprint density at radius 2 is 1.41 bits per heavy atom. The topological polar surface area (TPSA) is 26.1 Å². The molecule has 0 heterocycles. The maximum Gasteiger partial charge on any atom is 0.416 e. The van der Waals surface area contributed by atoms with Crippen LogP contribution in [0.2, 0.25) is 0 Å². The smallest absolute Gasteiger partial charge is 0.416 e. The van der Waals surface area contributed by atoms with Gasteiger partial charge in [0.2, 0.25) is 0 Å². The van der Waals surface area contributed by atoms with Gasteiger partial charge in [-0.05, 0) is 24.3 Å². The van der Waals surface area contributed by atoms with E-state index in [1.54, 1.807) is 13.8 Å². The highest BCUT2D eigenvalue weighted by atomic mass is 19.4. The molecule has 2 rings (SSSR count). The summed E-state index contributed by atoms with van der Waals surface area (Å²) in [7, 11) is 0. The number of halogens is 3. The van der Waals surface area contributed by atoms with Crippen LogP contribution in [-0.2, 0) is 11.7 Å². The largest absolute Gasteiger partial charge is 0.623 e. The lowest BCUT2D eigenvalue weighted by molar-refractivity contribution is -0.545. The van der Waals surface area contributed by atoms with Gasteiger partial charge in [-0.3, -0.25) is 0 Å². The maximum absolute atomic E-state index is 12.5. The van der Waals surface area contributed by atoms with Gasteiger partial charge in [-0.25, -0.2) is 4.74 Å². The zero-order valence-corrected chi connectivity index (χ0v) is 12.3. The molecular formula is C17H16F3NO. The summed E-state index contributed by atoms with van der Waals surface area (Å²) in [5.41, 5.74) is -0.297. The molecule has 0 atom stereocenters. The summed E-state index contributed by atoms with van der Waals surface area (Å²) in [5, 5.41) is 12.4. The minimum atomic E-state index is -4.38. The van der Waals surface area contributed by atoms with Crippen molar-refractivity contribution in [1.82, 2.24) is 0 Å². The van der Waals surface area contributed by atoms with Crippen molar-refractivity contribution in [1.29, 1.82) is 0 Å². The molecule has 0 fully saturated rings. The minimum absolute atomic E-state index is 0.423. The summed E-state index contributed by atoms with van der Waals surface area (Å²) in [4.78, 5) is 0. The second kappa shape index (κ2) is 5.83. The van der Waals surface area contributed by atoms with Crippen LogP contribution in [0.5, 0.6) is 0 Å². The van der Waals surface area contributed by atoms with E-state index in [0.29, 0.717) is 5.56 Å². The number of hydroxylamine groups is 1. The highest BCUT2D eigenvalue weighted by molar-refractivity contribution is 5.75. The zero-order chi connectivity index (χ0) is 16.4. The van der Waals surface area contributed by atoms with E-state index >= 15 is 0 Å². The minimum Gasteiger partial charge on any atom is -0.623 e. The van der Waals surface area contributed by atoms with E-state index in [1.807, 2.05) is 30.3 Å². The van der Waals surface area contributed by atoms with Crippen LogP contribution in [0, 0.1) is 5.21 Å². The molecule has 0 unspecified atom stereocenters. The van der Waals surface area contributed by atoms with E-state index in [1.165, 1.54) is 18.3 Å². The van der Waals surface area contributed by atoms with Gasteiger partial charge in [-0.1, -0.05) is 30.3 Å². The molecule has 0 aliphatic carbocycles. The van der Waals surface area contributed by atoms with Crippen molar-refractivity contribution < 1.29 is 17.9 Å². The average Bonchev–Trinajstić information content (AvgIpc) is 2.47. The fourth-order valence-electron chi connectivity index (χ4n) is 2.03. The van der Waals surface area contributed by atoms with E-state index in [0.717, 1.165) is 22.4 Å². The van der Waals surface area contributed by atoms with Gasteiger partial charge in [-0.2, -0.15) is 13.2 Å². The predicted molar refractivity (Wildman–Crippen MR) is 79.7 cm³/mol. The van der Waals surface area contributed by atoms with Crippen LogP contribution in [0.1, 0.15) is 30.5 Å². The van der Waals surface area contributed by atoms with Crippen LogP contribution in [-0.4, -0.2) is 11.0 Å². The first kappa shape index (κ1) is 16.1. The number of alkyl halides is 3. The lowest BCUT2D eigenvalue weighted by atomic mass is 9.95. The van der Waals surface area contributed by atoms with Gasteiger partial charge in [0.25, 0.3) is 0 Å². The summed E-state index contributed by atoms with van der Waals surface area (Å²) in [5.74, 6) is 0. The Kier molecular flexibility index (Phi) is 4.26. The summed E-state index contributed by atoms with van der Waals surface area (Å²) in [6.45, 7) is 3.52. The van der Waals surface area contributed by atoms with Gasteiger partial charge < -0.3 is 5.21 Å². The van der Waals surface area contributed by atoms with Crippen molar-refractivity contribution in [3.05, 3.63) is 76.5 Å². The Labute approximate surface area is 127 Å². The van der Waals surface area contributed by atoms with Gasteiger partial charge in [0.05, 0.1) is 5.56 Å². The molecule has 0 N–H and O–H groups in total. The molecule has 116 valence electrons. The highest BCUT2D eigenvalue weighted by Gasteiger charge is 2.31. The Balaban J connectivity index is 2.29. The number of nitrogens with zero attached hydrogens (tertiary/aromatic N) is 1. The first-order valence-corrected chi connectivity index (χ1v) is 6.75. The van der Waals surface area contributed by atoms with Gasteiger partial charge in [-0.15, -0.1) is 0 Å². The van der Waals surface area contributed by atoms with Crippen LogP contribution in [0.3, 0.4) is 0 Å². The van der Waals surface area contributed by atoms with Crippen molar-refractivity contribution in [3.63, 3.8) is 0 Å². The lowest BCUT2D eigenvalue weighted by Gasteiger charge is -2.24. The van der Waals surface area contributed by atoms with E-state index in [4.69, 9.17) is 0 Å². The van der Waals surface area contributed by atoms with Crippen molar-refractivity contribution in [2.24, 2.45) is 0 Å². The molecule has 0 bridgehead atoms. The van der Waals surface area contributed by atoms with E-state index in [9.17, 15) is 18.4 Å². The van der Waals surface area contributed by atoms with Crippen LogP contribution in [0.15, 0.2) is 54.6 Å². The van der Waals surface area contributed by atoms with Gasteiger partial charge in [0.1, 0.15) is 0 Å². The van der Waals surface area contributed by atoms with Crippen molar-refractivity contribution in [3.8, 4) is 0 Å². The Bertz CT molecular complexity index is 659. The third kappa shape index (κ3) is 3.47. The third-order valence-corrected chi connectivity index (χ3v) is 3.54. The molecule has 0 radical (unpaired) electrons. The molecule has 0 amide bonds. The van der Waals surface area contributed by atoms with Gasteiger partial charge >= 0.3 is 6.18 Å². The SMILES string of the molecule is CC(C)(c1ccccc1)/[N+]([O-])=C/c1ccc(C(F)(F)F)cc1. The summed E-state index contributed by atoms with van der Waals surface area (Å²) >= 11 is 0. The third-order valence-electron chi connectivity index (χ3n) is 3.54. The molecule has 0 aliphatic heterocycles. The Hall–Kier alpha value is -2.30. The maximum atomic E-state index is 12.5. The number of hydrogen-bond donors (Lipinski definition) is 0. The Morgan fingerprint density at radius 3 is 1.91 bits per heavy atom. The molecule has 0 aliphatic rings.